The Bertz CT molecular complexity index is 840. The number of alkyl carbamates (subject to hydrolysis) is 1. The van der Waals surface area contributed by atoms with Crippen LogP contribution in [0.5, 0.6) is 0 Å². The summed E-state index contributed by atoms with van der Waals surface area (Å²) in [4.78, 5) is 31.5. The molecule has 1 aromatic rings. The van der Waals surface area contributed by atoms with Gasteiger partial charge in [-0.15, -0.1) is 0 Å². The first-order chi connectivity index (χ1) is 13.6. The van der Waals surface area contributed by atoms with E-state index in [9.17, 15) is 9.59 Å². The van der Waals surface area contributed by atoms with Gasteiger partial charge in [-0.1, -0.05) is 18.2 Å². The van der Waals surface area contributed by atoms with Crippen LogP contribution in [0.15, 0.2) is 42.1 Å². The zero-order valence-corrected chi connectivity index (χ0v) is 17.1. The van der Waals surface area contributed by atoms with Crippen LogP contribution in [0.1, 0.15) is 44.5 Å². The van der Waals surface area contributed by atoms with Gasteiger partial charge in [-0.25, -0.2) is 9.86 Å². The number of hydrogen-bond acceptors (Lipinski definition) is 6. The molecule has 2 fully saturated rings. The van der Waals surface area contributed by atoms with E-state index in [1.165, 1.54) is 5.06 Å². The molecular weight excluding hydrogens is 376 g/mol. The Morgan fingerprint density at radius 2 is 1.83 bits per heavy atom. The molecule has 0 saturated carbocycles. The van der Waals surface area contributed by atoms with Gasteiger partial charge in [0, 0.05) is 17.7 Å². The second-order valence-corrected chi connectivity index (χ2v) is 8.58. The largest absolute Gasteiger partial charge is 0.444 e. The van der Waals surface area contributed by atoms with Crippen LogP contribution < -0.4 is 5.32 Å². The summed E-state index contributed by atoms with van der Waals surface area (Å²) in [6.07, 6.45) is 1.49. The summed E-state index contributed by atoms with van der Waals surface area (Å²) < 4.78 is 17.3. The molecule has 8 heteroatoms. The Kier molecular flexibility index (Phi) is 4.68. The molecular formula is C21H26N2O6. The number of hydroxylamine groups is 2. The topological polar surface area (TPSA) is 86.3 Å². The number of nitrogens with zero attached hydrogens (tertiary/aromatic N) is 1. The zero-order chi connectivity index (χ0) is 20.9. The van der Waals surface area contributed by atoms with Crippen LogP contribution in [0.4, 0.5) is 4.79 Å². The summed E-state index contributed by atoms with van der Waals surface area (Å²) in [5.41, 5.74) is -0.605. The Morgan fingerprint density at radius 1 is 1.17 bits per heavy atom. The summed E-state index contributed by atoms with van der Waals surface area (Å²) in [5, 5.41) is 4.10. The molecule has 1 aliphatic carbocycles. The number of carbonyl (C=O) groups excluding carboxylic acids is 2. The second-order valence-electron chi connectivity index (χ2n) is 8.58. The van der Waals surface area contributed by atoms with Gasteiger partial charge in [0.15, 0.2) is 5.60 Å². The smallest absolute Gasteiger partial charge is 0.411 e. The van der Waals surface area contributed by atoms with Crippen molar-refractivity contribution in [3.63, 3.8) is 0 Å². The number of rotatable bonds is 2. The van der Waals surface area contributed by atoms with Gasteiger partial charge in [0.2, 0.25) is 5.79 Å². The van der Waals surface area contributed by atoms with E-state index in [1.807, 2.05) is 6.07 Å². The molecule has 2 amide bonds. The van der Waals surface area contributed by atoms with Gasteiger partial charge >= 0.3 is 6.09 Å². The van der Waals surface area contributed by atoms with Crippen LogP contribution in [0, 0.1) is 0 Å². The molecule has 29 heavy (non-hydrogen) atoms. The van der Waals surface area contributed by atoms with Crippen molar-refractivity contribution >= 4 is 12.0 Å². The summed E-state index contributed by atoms with van der Waals surface area (Å²) >= 11 is 0. The lowest BCUT2D eigenvalue weighted by Crippen LogP contribution is -2.59. The third-order valence-electron chi connectivity index (χ3n) is 5.16. The van der Waals surface area contributed by atoms with Crippen LogP contribution in [0.3, 0.4) is 0 Å². The number of carbonyl (C=O) groups is 2. The molecule has 0 radical (unpaired) electrons. The molecule has 1 aromatic carbocycles. The number of amides is 2. The van der Waals surface area contributed by atoms with Crippen molar-refractivity contribution in [2.75, 3.05) is 13.2 Å². The number of hydrogen-bond donors (Lipinski definition) is 1. The minimum Gasteiger partial charge on any atom is -0.444 e. The quantitative estimate of drug-likeness (QED) is 0.819. The first kappa shape index (κ1) is 19.9. The van der Waals surface area contributed by atoms with Crippen LogP contribution in [0.2, 0.25) is 0 Å². The SMILES string of the molecule is CC(C)(C)OC(=O)NC1=C[C@]2(C)ON(C(=O)c3ccccc3)[C@H](C1)C21OCCO1. The maximum atomic E-state index is 13.1. The molecule has 2 atom stereocenters. The van der Waals surface area contributed by atoms with Crippen molar-refractivity contribution in [2.24, 2.45) is 0 Å². The Balaban J connectivity index is 1.62. The lowest BCUT2D eigenvalue weighted by molar-refractivity contribution is -0.229. The predicted molar refractivity (Wildman–Crippen MR) is 103 cm³/mol. The predicted octanol–water partition coefficient (Wildman–Crippen LogP) is 2.76. The fourth-order valence-corrected chi connectivity index (χ4v) is 4.08. The molecule has 1 spiro atoms. The van der Waals surface area contributed by atoms with Crippen molar-refractivity contribution in [1.82, 2.24) is 10.4 Å². The first-order valence-corrected chi connectivity index (χ1v) is 9.71. The molecule has 2 heterocycles. The Hall–Kier alpha value is -2.42. The van der Waals surface area contributed by atoms with E-state index in [2.05, 4.69) is 5.32 Å². The Morgan fingerprint density at radius 3 is 2.45 bits per heavy atom. The highest BCUT2D eigenvalue weighted by atomic mass is 16.8. The average Bonchev–Trinajstić information content (AvgIpc) is 3.16. The third kappa shape index (κ3) is 3.41. The van der Waals surface area contributed by atoms with Gasteiger partial charge in [-0.2, -0.15) is 0 Å². The molecule has 156 valence electrons. The van der Waals surface area contributed by atoms with Crippen molar-refractivity contribution in [2.45, 2.75) is 57.1 Å². The van der Waals surface area contributed by atoms with E-state index < -0.39 is 29.1 Å². The normalized spacial score (nSPS) is 27.7. The van der Waals surface area contributed by atoms with E-state index in [4.69, 9.17) is 19.0 Å². The van der Waals surface area contributed by atoms with E-state index in [0.717, 1.165) is 0 Å². The van der Waals surface area contributed by atoms with Gasteiger partial charge in [0.1, 0.15) is 11.6 Å². The van der Waals surface area contributed by atoms with Gasteiger partial charge < -0.3 is 14.2 Å². The van der Waals surface area contributed by atoms with Crippen LogP contribution >= 0.6 is 0 Å². The maximum Gasteiger partial charge on any atom is 0.411 e. The van der Waals surface area contributed by atoms with E-state index in [1.54, 1.807) is 58.0 Å². The summed E-state index contributed by atoms with van der Waals surface area (Å²) in [6.45, 7) is 8.00. The van der Waals surface area contributed by atoms with Gasteiger partial charge in [0.25, 0.3) is 5.91 Å². The molecule has 4 rings (SSSR count). The minimum absolute atomic E-state index is 0.287. The molecule has 2 bridgehead atoms. The summed E-state index contributed by atoms with van der Waals surface area (Å²) in [5.74, 6) is -1.40. The molecule has 0 unspecified atom stereocenters. The lowest BCUT2D eigenvalue weighted by atomic mass is 9.81. The first-order valence-electron chi connectivity index (χ1n) is 9.71. The molecule has 3 aliphatic rings. The molecule has 1 N–H and O–H groups in total. The monoisotopic (exact) mass is 402 g/mol. The van der Waals surface area contributed by atoms with Gasteiger partial charge in [-0.05, 0) is 45.9 Å². The standard InChI is InChI=1S/C21H26N2O6/c1-19(2,3)28-18(25)22-15-12-16-21(26-10-11-27-21)20(4,13-15)29-23(16)17(24)14-8-6-5-7-9-14/h5-9,13,16H,10-12H2,1-4H3,(H,22,25)/t16-,20+/m1/s1. The molecule has 8 nitrogen and oxygen atoms in total. The molecule has 2 saturated heterocycles. The Labute approximate surface area is 169 Å². The highest BCUT2D eigenvalue weighted by Gasteiger charge is 2.70. The summed E-state index contributed by atoms with van der Waals surface area (Å²) in [7, 11) is 0. The minimum atomic E-state index is -1.11. The second kappa shape index (κ2) is 6.83. The van der Waals surface area contributed by atoms with E-state index in [0.29, 0.717) is 30.9 Å². The fourth-order valence-electron chi connectivity index (χ4n) is 4.08. The van der Waals surface area contributed by atoms with Gasteiger partial charge in [0.05, 0.1) is 13.2 Å². The molecule has 0 aromatic heterocycles. The van der Waals surface area contributed by atoms with E-state index >= 15 is 0 Å². The van der Waals surface area contributed by atoms with Crippen molar-refractivity contribution in [3.05, 3.63) is 47.7 Å². The van der Waals surface area contributed by atoms with Crippen molar-refractivity contribution in [3.8, 4) is 0 Å². The maximum absolute atomic E-state index is 13.1. The molecule has 2 aliphatic heterocycles. The van der Waals surface area contributed by atoms with Crippen LogP contribution in [-0.4, -0.2) is 53.3 Å². The third-order valence-corrected chi connectivity index (χ3v) is 5.16. The van der Waals surface area contributed by atoms with Crippen LogP contribution in [-0.2, 0) is 19.0 Å². The summed E-state index contributed by atoms with van der Waals surface area (Å²) in [6, 6.07) is 8.33. The number of ether oxygens (including phenoxy) is 3. The highest BCUT2D eigenvalue weighted by Crippen LogP contribution is 2.52. The van der Waals surface area contributed by atoms with Gasteiger partial charge in [-0.3, -0.25) is 14.9 Å². The average molecular weight is 402 g/mol. The van der Waals surface area contributed by atoms with E-state index in [-0.39, 0.29) is 5.91 Å². The highest BCUT2D eigenvalue weighted by molar-refractivity contribution is 5.94. The van der Waals surface area contributed by atoms with Crippen molar-refractivity contribution in [1.29, 1.82) is 0 Å². The number of benzene rings is 1. The van der Waals surface area contributed by atoms with Crippen molar-refractivity contribution < 1.29 is 28.6 Å². The lowest BCUT2D eigenvalue weighted by Gasteiger charge is -2.40. The zero-order valence-electron chi connectivity index (χ0n) is 17.1. The fraction of sp³-hybridized carbons (Fsp3) is 0.524. The van der Waals surface area contributed by atoms with Crippen LogP contribution in [0.25, 0.3) is 0 Å². The number of nitrogens with one attached hydrogen (secondary N) is 1.